The maximum absolute atomic E-state index is 12.1. The predicted molar refractivity (Wildman–Crippen MR) is 65.3 cm³/mol. The Morgan fingerprint density at radius 3 is 2.00 bits per heavy atom. The monoisotopic (exact) mass is 306 g/mol. The second-order valence-corrected chi connectivity index (χ2v) is 6.24. The van der Waals surface area contributed by atoms with Gasteiger partial charge in [0.05, 0.1) is 5.25 Å². The first-order valence-corrected chi connectivity index (χ1v) is 7.68. The van der Waals surface area contributed by atoms with Gasteiger partial charge in [-0.3, -0.25) is 4.55 Å². The number of halogens is 3. The molecule has 0 radical (unpaired) electrons. The first-order valence-electron chi connectivity index (χ1n) is 6.18. The lowest BCUT2D eigenvalue weighted by Crippen LogP contribution is -2.32. The second-order valence-electron chi connectivity index (χ2n) is 4.61. The Labute approximate surface area is 111 Å². The average molecular weight is 306 g/mol. The summed E-state index contributed by atoms with van der Waals surface area (Å²) in [7, 11) is -3.39. The summed E-state index contributed by atoms with van der Waals surface area (Å²) in [6.07, 6.45) is -2.28. The third-order valence-electron chi connectivity index (χ3n) is 3.27. The van der Waals surface area contributed by atoms with E-state index in [-0.39, 0.29) is 5.92 Å². The molecule has 0 aromatic carbocycles. The molecule has 0 spiro atoms. The Balaban J connectivity index is 0.00000154. The highest BCUT2D eigenvalue weighted by Crippen LogP contribution is 2.34. The van der Waals surface area contributed by atoms with Crippen molar-refractivity contribution in [3.05, 3.63) is 0 Å². The van der Waals surface area contributed by atoms with Crippen LogP contribution in [0.2, 0.25) is 0 Å². The fourth-order valence-electron chi connectivity index (χ4n) is 2.44. The molecule has 4 nitrogen and oxygen atoms in total. The zero-order valence-electron chi connectivity index (χ0n) is 10.9. The zero-order chi connectivity index (χ0) is 15.1. The van der Waals surface area contributed by atoms with Crippen molar-refractivity contribution in [2.45, 2.75) is 56.4 Å². The summed E-state index contributed by atoms with van der Waals surface area (Å²) in [6.45, 7) is 0. The molecule has 0 amide bonds. The molecule has 1 saturated carbocycles. The molecule has 1 aliphatic carbocycles. The lowest BCUT2D eigenvalue weighted by Gasteiger charge is -2.28. The van der Waals surface area contributed by atoms with Crippen molar-refractivity contribution in [3.8, 4) is 0 Å². The van der Waals surface area contributed by atoms with E-state index >= 15 is 0 Å². The molecule has 1 aliphatic rings. The van der Waals surface area contributed by atoms with E-state index in [1.54, 1.807) is 0 Å². The van der Waals surface area contributed by atoms with Gasteiger partial charge >= 0.3 is 6.18 Å². The molecule has 0 aliphatic heterocycles. The van der Waals surface area contributed by atoms with E-state index in [0.717, 1.165) is 26.4 Å². The van der Waals surface area contributed by atoms with Crippen LogP contribution in [0, 0.1) is 5.92 Å². The molecule has 1 rings (SSSR count). The molecule has 19 heavy (non-hydrogen) atoms. The Morgan fingerprint density at radius 2 is 1.63 bits per heavy atom. The number of aliphatic hydroxyl groups is 1. The van der Waals surface area contributed by atoms with Crippen molar-refractivity contribution in [1.82, 2.24) is 0 Å². The average Bonchev–Trinajstić information content (AvgIpc) is 2.30. The smallest absolute Gasteiger partial charge is 0.389 e. The van der Waals surface area contributed by atoms with Gasteiger partial charge in [0.1, 0.15) is 0 Å². The van der Waals surface area contributed by atoms with Gasteiger partial charge in [0.2, 0.25) is 0 Å². The summed E-state index contributed by atoms with van der Waals surface area (Å²) < 4.78 is 67.6. The van der Waals surface area contributed by atoms with E-state index in [4.69, 9.17) is 9.66 Å². The molecule has 0 aromatic rings. The summed E-state index contributed by atoms with van der Waals surface area (Å²) >= 11 is 0. The van der Waals surface area contributed by atoms with Gasteiger partial charge in [-0.2, -0.15) is 21.6 Å². The van der Waals surface area contributed by atoms with Crippen LogP contribution in [-0.4, -0.2) is 36.6 Å². The van der Waals surface area contributed by atoms with Crippen LogP contribution in [0.1, 0.15) is 44.9 Å². The highest BCUT2D eigenvalue weighted by Gasteiger charge is 2.37. The Hall–Kier alpha value is -0.340. The largest absolute Gasteiger partial charge is 0.400 e. The molecule has 0 aromatic heterocycles. The van der Waals surface area contributed by atoms with Crippen LogP contribution in [0.4, 0.5) is 13.2 Å². The summed E-state index contributed by atoms with van der Waals surface area (Å²) in [5.41, 5.74) is 0. The van der Waals surface area contributed by atoms with Gasteiger partial charge in [-0.25, -0.2) is 0 Å². The Kier molecular flexibility index (Phi) is 7.92. The fourth-order valence-corrected chi connectivity index (χ4v) is 3.61. The minimum absolute atomic E-state index is 0.332. The zero-order valence-corrected chi connectivity index (χ0v) is 11.7. The summed E-state index contributed by atoms with van der Waals surface area (Å²) in [5.74, 6) is -0.332. The Morgan fingerprint density at radius 1 is 1.16 bits per heavy atom. The van der Waals surface area contributed by atoms with Crippen molar-refractivity contribution in [2.24, 2.45) is 5.92 Å². The molecule has 0 bridgehead atoms. The molecule has 1 atom stereocenters. The number of alkyl halides is 3. The lowest BCUT2D eigenvalue weighted by molar-refractivity contribution is -0.136. The van der Waals surface area contributed by atoms with E-state index in [0.29, 0.717) is 12.8 Å². The summed E-state index contributed by atoms with van der Waals surface area (Å²) in [4.78, 5) is 0. The van der Waals surface area contributed by atoms with E-state index in [9.17, 15) is 21.6 Å². The van der Waals surface area contributed by atoms with Gasteiger partial charge in [-0.15, -0.1) is 0 Å². The topological polar surface area (TPSA) is 74.6 Å². The third-order valence-corrected chi connectivity index (χ3v) is 4.66. The second kappa shape index (κ2) is 8.06. The summed E-state index contributed by atoms with van der Waals surface area (Å²) in [6, 6.07) is 0. The van der Waals surface area contributed by atoms with E-state index in [2.05, 4.69) is 0 Å². The molecule has 1 fully saturated rings. The highest BCUT2D eigenvalue weighted by molar-refractivity contribution is 7.86. The van der Waals surface area contributed by atoms with Crippen LogP contribution in [0.25, 0.3) is 0 Å². The molecular formula is C11H21F3O4S. The highest BCUT2D eigenvalue weighted by atomic mass is 32.2. The fraction of sp³-hybridized carbons (Fsp3) is 1.00. The molecule has 1 unspecified atom stereocenters. The van der Waals surface area contributed by atoms with Gasteiger partial charge in [0.15, 0.2) is 0 Å². The van der Waals surface area contributed by atoms with Crippen LogP contribution in [-0.2, 0) is 10.1 Å². The number of aliphatic hydroxyl groups excluding tert-OH is 1. The van der Waals surface area contributed by atoms with Gasteiger partial charge in [0, 0.05) is 13.5 Å². The minimum Gasteiger partial charge on any atom is -0.400 e. The standard InChI is InChI=1S/C10H17F3O3S.CH4O/c11-10(12,13)7-6-9(17(14,15)16)8-4-2-1-3-5-8;1-2/h8-9H,1-7H2,(H,14,15,16);2H,1H3. The number of hydrogen-bond acceptors (Lipinski definition) is 3. The molecular weight excluding hydrogens is 285 g/mol. The first kappa shape index (κ1) is 18.7. The number of rotatable bonds is 4. The maximum atomic E-state index is 12.1. The van der Waals surface area contributed by atoms with Gasteiger partial charge < -0.3 is 5.11 Å². The molecule has 0 saturated heterocycles. The maximum Gasteiger partial charge on any atom is 0.389 e. The summed E-state index contributed by atoms with van der Waals surface area (Å²) in [5, 5.41) is 5.74. The Bertz CT molecular complexity index is 334. The molecule has 0 heterocycles. The molecule has 116 valence electrons. The normalized spacial score (nSPS) is 19.5. The van der Waals surface area contributed by atoms with Crippen LogP contribution in [0.3, 0.4) is 0 Å². The minimum atomic E-state index is -4.39. The predicted octanol–water partition coefficient (Wildman–Crippen LogP) is 2.77. The van der Waals surface area contributed by atoms with Crippen molar-refractivity contribution >= 4 is 10.1 Å². The van der Waals surface area contributed by atoms with Crippen molar-refractivity contribution in [3.63, 3.8) is 0 Å². The molecule has 2 N–H and O–H groups in total. The van der Waals surface area contributed by atoms with Gasteiger partial charge in [0.25, 0.3) is 10.1 Å². The van der Waals surface area contributed by atoms with E-state index < -0.39 is 34.4 Å². The van der Waals surface area contributed by atoms with Crippen molar-refractivity contribution in [2.75, 3.05) is 7.11 Å². The van der Waals surface area contributed by atoms with Crippen molar-refractivity contribution in [1.29, 1.82) is 0 Å². The van der Waals surface area contributed by atoms with Crippen LogP contribution >= 0.6 is 0 Å². The number of hydrogen-bond donors (Lipinski definition) is 2. The lowest BCUT2D eigenvalue weighted by atomic mass is 9.85. The van der Waals surface area contributed by atoms with Gasteiger partial charge in [-0.1, -0.05) is 19.3 Å². The van der Waals surface area contributed by atoms with Crippen molar-refractivity contribution < 1.29 is 31.2 Å². The van der Waals surface area contributed by atoms with E-state index in [1.807, 2.05) is 0 Å². The van der Waals surface area contributed by atoms with Crippen LogP contribution < -0.4 is 0 Å². The van der Waals surface area contributed by atoms with Gasteiger partial charge in [-0.05, 0) is 25.2 Å². The molecule has 8 heteroatoms. The quantitative estimate of drug-likeness (QED) is 0.783. The third kappa shape index (κ3) is 7.74. The van der Waals surface area contributed by atoms with Crippen LogP contribution in [0.15, 0.2) is 0 Å². The van der Waals surface area contributed by atoms with Crippen LogP contribution in [0.5, 0.6) is 0 Å². The SMILES string of the molecule is CO.O=S(=O)(O)C(CCC(F)(F)F)C1CCCCC1. The van der Waals surface area contributed by atoms with E-state index in [1.165, 1.54) is 0 Å². The first-order chi connectivity index (χ1) is 8.70.